The number of hydrogen-bond acceptors (Lipinski definition) is 1. The molecule has 0 spiro atoms. The Hall–Kier alpha value is 1.40. The third-order valence-corrected chi connectivity index (χ3v) is 3.51. The molecule has 1 N–H and O–H groups in total. The summed E-state index contributed by atoms with van der Waals surface area (Å²) in [5.74, 6) is 2.26. The first-order valence-electron chi connectivity index (χ1n) is 6.34. The van der Waals surface area contributed by atoms with Crippen molar-refractivity contribution < 1.29 is 47.2 Å². The molecule has 0 aromatic carbocycles. The zero-order valence-electron chi connectivity index (χ0n) is 14.7. The van der Waals surface area contributed by atoms with Gasteiger partial charge in [0.25, 0.3) is 0 Å². The normalized spacial score (nSPS) is 14.3. The molecule has 1 nitrogen and oxygen atoms in total. The van der Waals surface area contributed by atoms with Crippen molar-refractivity contribution in [3.8, 4) is 0 Å². The average molecular weight is 622 g/mol. The van der Waals surface area contributed by atoms with Crippen LogP contribution in [0.3, 0.4) is 0 Å². The summed E-state index contributed by atoms with van der Waals surface area (Å²) in [5.41, 5.74) is 0. The molecule has 0 aromatic heterocycles. The predicted octanol–water partition coefficient (Wildman–Crippen LogP) is 4.44. The maximum absolute atomic E-state index is 8.62. The molecular formula is C16H35BOW2. The molecule has 0 amide bonds. The first-order valence-corrected chi connectivity index (χ1v) is 6.34. The van der Waals surface area contributed by atoms with Gasteiger partial charge < -0.3 is 32.8 Å². The van der Waals surface area contributed by atoms with Gasteiger partial charge in [-0.25, -0.2) is 0 Å². The predicted molar refractivity (Wildman–Crippen MR) is 87.1 cm³/mol. The Bertz CT molecular complexity index is 116. The fourth-order valence-electron chi connectivity index (χ4n) is 1.04. The molecule has 0 aliphatic rings. The monoisotopic (exact) mass is 622 g/mol. The van der Waals surface area contributed by atoms with Crippen LogP contribution in [0.5, 0.6) is 0 Å². The SMILES string of the molecule is C[CH-][C@@H](C)[C@@H](C)CO.[B]C[C@H](C)[C@H](C)[CH-]C.[CH3-].[CH3-].[W+2].[W+2]. The summed E-state index contributed by atoms with van der Waals surface area (Å²) in [6, 6.07) is 0. The third kappa shape index (κ3) is 21.7. The maximum atomic E-state index is 8.62. The van der Waals surface area contributed by atoms with Crippen LogP contribution < -0.4 is 0 Å². The number of aliphatic hydroxyl groups is 1. The number of rotatable bonds is 6. The molecule has 4 heteroatoms. The van der Waals surface area contributed by atoms with Crippen LogP contribution >= 0.6 is 0 Å². The molecule has 0 saturated carbocycles. The smallest absolute Gasteiger partial charge is 0.396 e. The van der Waals surface area contributed by atoms with Crippen LogP contribution in [0.2, 0.25) is 6.32 Å². The fourth-order valence-corrected chi connectivity index (χ4v) is 1.04. The van der Waals surface area contributed by atoms with Crippen LogP contribution in [0, 0.1) is 51.4 Å². The summed E-state index contributed by atoms with van der Waals surface area (Å²) in [4.78, 5) is 0. The summed E-state index contributed by atoms with van der Waals surface area (Å²) >= 11 is 0. The van der Waals surface area contributed by atoms with Crippen LogP contribution in [0.1, 0.15) is 41.5 Å². The van der Waals surface area contributed by atoms with Gasteiger partial charge >= 0.3 is 42.1 Å². The van der Waals surface area contributed by atoms with E-state index < -0.39 is 0 Å². The van der Waals surface area contributed by atoms with E-state index in [-0.39, 0.29) is 57.0 Å². The average Bonchev–Trinajstić information content (AvgIpc) is 2.35. The van der Waals surface area contributed by atoms with Gasteiger partial charge in [-0.15, -0.1) is 0 Å². The first-order chi connectivity index (χ1) is 7.44. The molecular weight excluding hydrogens is 587 g/mol. The molecule has 0 fully saturated rings. The van der Waals surface area contributed by atoms with Crippen LogP contribution in [0.4, 0.5) is 0 Å². The van der Waals surface area contributed by atoms with Crippen molar-refractivity contribution in [3.63, 3.8) is 0 Å². The van der Waals surface area contributed by atoms with Crippen molar-refractivity contribution in [2.45, 2.75) is 47.9 Å². The first kappa shape index (κ1) is 37.6. The van der Waals surface area contributed by atoms with Gasteiger partial charge in [-0.2, -0.15) is 25.7 Å². The molecule has 0 rings (SSSR count). The van der Waals surface area contributed by atoms with Crippen molar-refractivity contribution in [2.75, 3.05) is 6.61 Å². The third-order valence-electron chi connectivity index (χ3n) is 3.51. The molecule has 0 aliphatic heterocycles. The van der Waals surface area contributed by atoms with Crippen molar-refractivity contribution in [2.24, 2.45) is 23.7 Å². The van der Waals surface area contributed by atoms with Crippen molar-refractivity contribution in [1.29, 1.82) is 0 Å². The van der Waals surface area contributed by atoms with Gasteiger partial charge in [-0.1, -0.05) is 39.9 Å². The number of hydrogen-bond donors (Lipinski definition) is 1. The Balaban J connectivity index is -0.0000000408. The Morgan fingerprint density at radius 1 is 0.850 bits per heavy atom. The minimum Gasteiger partial charge on any atom is -0.396 e. The molecule has 0 heterocycles. The molecule has 4 atom stereocenters. The molecule has 0 unspecified atom stereocenters. The van der Waals surface area contributed by atoms with E-state index in [4.69, 9.17) is 13.0 Å². The van der Waals surface area contributed by atoms with E-state index in [9.17, 15) is 0 Å². The van der Waals surface area contributed by atoms with E-state index in [0.29, 0.717) is 30.3 Å². The standard InChI is InChI=1S/C7H14B.C7H15O.2CH3.2W/c2*1-4-6(2)7(3)5-8;;;;/h4,6-7H,5H2,1-3H3;4,6-8H,5H2,1-3H3;2*1H3;;/q4*-1;2*+2/t2*6-,7+;;;;/m11..../s1. The molecule has 20 heavy (non-hydrogen) atoms. The summed E-state index contributed by atoms with van der Waals surface area (Å²) in [6.45, 7) is 12.9. The van der Waals surface area contributed by atoms with Gasteiger partial charge in [0, 0.05) is 6.61 Å². The quantitative estimate of drug-likeness (QED) is 0.344. The minimum absolute atomic E-state index is 0. The number of aliphatic hydroxyl groups excluding tert-OH is 1. The van der Waals surface area contributed by atoms with Gasteiger partial charge in [0.2, 0.25) is 0 Å². The maximum Gasteiger partial charge on any atom is 2.00 e. The van der Waals surface area contributed by atoms with E-state index in [2.05, 4.69) is 40.5 Å². The van der Waals surface area contributed by atoms with E-state index in [1.54, 1.807) is 0 Å². The fraction of sp³-hybridized carbons (Fsp3) is 0.750. The molecule has 2 radical (unpaired) electrons. The van der Waals surface area contributed by atoms with Crippen LogP contribution in [0.25, 0.3) is 0 Å². The zero-order valence-corrected chi connectivity index (χ0v) is 20.6. The topological polar surface area (TPSA) is 20.2 Å². The van der Waals surface area contributed by atoms with E-state index >= 15 is 0 Å². The summed E-state index contributed by atoms with van der Waals surface area (Å²) < 4.78 is 0. The van der Waals surface area contributed by atoms with Crippen LogP contribution in [0.15, 0.2) is 0 Å². The minimum atomic E-state index is 0. The Labute approximate surface area is 160 Å². The molecule has 0 aliphatic carbocycles. The summed E-state index contributed by atoms with van der Waals surface area (Å²) in [6.07, 6.45) is 5.10. The zero-order chi connectivity index (χ0) is 13.1. The van der Waals surface area contributed by atoms with Gasteiger partial charge in [-0.3, -0.25) is 0 Å². The summed E-state index contributed by atoms with van der Waals surface area (Å²) in [5, 5.41) is 8.62. The second kappa shape index (κ2) is 25.4. The Morgan fingerprint density at radius 3 is 1.25 bits per heavy atom. The van der Waals surface area contributed by atoms with Crippen LogP contribution in [-0.4, -0.2) is 19.6 Å². The van der Waals surface area contributed by atoms with E-state index in [1.165, 1.54) is 0 Å². The van der Waals surface area contributed by atoms with Crippen LogP contribution in [-0.2, 0) is 42.1 Å². The second-order valence-corrected chi connectivity index (χ2v) is 4.76. The van der Waals surface area contributed by atoms with Crippen molar-refractivity contribution in [1.82, 2.24) is 0 Å². The molecule has 120 valence electrons. The van der Waals surface area contributed by atoms with E-state index in [0.717, 1.165) is 6.32 Å². The Kier molecular flexibility index (Phi) is 47.6. The second-order valence-electron chi connectivity index (χ2n) is 4.76. The Morgan fingerprint density at radius 2 is 1.15 bits per heavy atom. The van der Waals surface area contributed by atoms with Gasteiger partial charge in [0.1, 0.15) is 0 Å². The molecule has 0 aromatic rings. The van der Waals surface area contributed by atoms with Crippen molar-refractivity contribution >= 4 is 7.85 Å². The molecule has 0 bridgehead atoms. The summed E-state index contributed by atoms with van der Waals surface area (Å²) in [7, 11) is 5.43. The van der Waals surface area contributed by atoms with E-state index in [1.807, 2.05) is 13.8 Å². The molecule has 0 saturated heterocycles. The van der Waals surface area contributed by atoms with Gasteiger partial charge in [0.15, 0.2) is 0 Å². The van der Waals surface area contributed by atoms with Gasteiger partial charge in [-0.05, 0) is 5.92 Å². The largest absolute Gasteiger partial charge is 2.00 e. The van der Waals surface area contributed by atoms with Gasteiger partial charge in [0.05, 0.1) is 7.85 Å². The van der Waals surface area contributed by atoms with Crippen molar-refractivity contribution in [3.05, 3.63) is 27.7 Å².